The van der Waals surface area contributed by atoms with E-state index in [4.69, 9.17) is 9.47 Å². The molecule has 0 saturated heterocycles. The minimum atomic E-state index is -4.03. The maximum Gasteiger partial charge on any atom is 0.264 e. The normalized spacial score (nSPS) is 11.3. The van der Waals surface area contributed by atoms with E-state index in [1.807, 2.05) is 6.92 Å². The summed E-state index contributed by atoms with van der Waals surface area (Å²) >= 11 is 0. The van der Waals surface area contributed by atoms with E-state index in [9.17, 15) is 18.3 Å². The van der Waals surface area contributed by atoms with Gasteiger partial charge in [-0.1, -0.05) is 18.2 Å². The van der Waals surface area contributed by atoms with Crippen molar-refractivity contribution in [3.8, 4) is 17.2 Å². The van der Waals surface area contributed by atoms with Gasteiger partial charge in [-0.25, -0.2) is 13.8 Å². The third kappa shape index (κ3) is 6.73. The van der Waals surface area contributed by atoms with Gasteiger partial charge in [-0.3, -0.25) is 9.10 Å². The summed E-state index contributed by atoms with van der Waals surface area (Å²) in [4.78, 5) is 12.7. The molecule has 0 spiro atoms. The molecule has 0 atom stereocenters. The Balaban J connectivity index is 1.80. The van der Waals surface area contributed by atoms with Crippen LogP contribution in [-0.4, -0.2) is 45.4 Å². The molecule has 0 saturated carbocycles. The first-order chi connectivity index (χ1) is 16.8. The van der Waals surface area contributed by atoms with E-state index in [2.05, 4.69) is 10.5 Å². The molecule has 0 fully saturated rings. The number of anilines is 1. The molecule has 0 aromatic heterocycles. The summed E-state index contributed by atoms with van der Waals surface area (Å²) < 4.78 is 38.5. The van der Waals surface area contributed by atoms with Crippen LogP contribution in [0.1, 0.15) is 19.4 Å². The van der Waals surface area contributed by atoms with Crippen LogP contribution in [0.4, 0.5) is 5.69 Å². The van der Waals surface area contributed by atoms with Gasteiger partial charge in [0.1, 0.15) is 12.3 Å². The van der Waals surface area contributed by atoms with E-state index in [0.717, 1.165) is 4.31 Å². The van der Waals surface area contributed by atoms with E-state index >= 15 is 0 Å². The van der Waals surface area contributed by atoms with Crippen molar-refractivity contribution in [1.29, 1.82) is 0 Å². The molecule has 35 heavy (non-hydrogen) atoms. The molecule has 0 bridgehead atoms. The van der Waals surface area contributed by atoms with Crippen molar-refractivity contribution >= 4 is 27.8 Å². The van der Waals surface area contributed by atoms with Crippen molar-refractivity contribution in [1.82, 2.24) is 5.43 Å². The van der Waals surface area contributed by atoms with Crippen LogP contribution in [0.15, 0.2) is 82.8 Å². The number of phenols is 1. The number of nitrogens with zero attached hydrogens (tertiary/aromatic N) is 2. The highest BCUT2D eigenvalue weighted by Gasteiger charge is 2.27. The fourth-order valence-electron chi connectivity index (χ4n) is 3.14. The van der Waals surface area contributed by atoms with Crippen molar-refractivity contribution in [3.05, 3.63) is 78.4 Å². The number of amides is 1. The Labute approximate surface area is 204 Å². The van der Waals surface area contributed by atoms with Crippen LogP contribution in [0.5, 0.6) is 17.2 Å². The largest absolute Gasteiger partial charge is 0.504 e. The lowest BCUT2D eigenvalue weighted by atomic mass is 10.2. The third-order valence-corrected chi connectivity index (χ3v) is 6.53. The summed E-state index contributed by atoms with van der Waals surface area (Å²) in [5.41, 5.74) is 3.23. The van der Waals surface area contributed by atoms with Crippen LogP contribution in [0.3, 0.4) is 0 Å². The number of carbonyl (C=O) groups is 1. The predicted octanol–water partition coefficient (Wildman–Crippen LogP) is 3.54. The van der Waals surface area contributed by atoms with Crippen molar-refractivity contribution in [2.24, 2.45) is 5.10 Å². The minimum absolute atomic E-state index is 0.00912. The van der Waals surface area contributed by atoms with Gasteiger partial charge < -0.3 is 14.6 Å². The Kier molecular flexibility index (Phi) is 8.69. The standard InChI is InChI=1S/C25H27N3O6S/c1-3-33-21-13-11-20(12-14-21)28(35(31,32)22-8-6-5-7-9-22)18-25(30)27-26-17-19-10-15-23(29)24(16-19)34-4-2/h5-17,29H,3-4,18H2,1-2H3,(H,27,30)/b26-17-. The number of aromatic hydroxyl groups is 1. The molecule has 0 heterocycles. The van der Waals surface area contributed by atoms with E-state index in [-0.39, 0.29) is 10.6 Å². The zero-order valence-electron chi connectivity index (χ0n) is 19.4. The smallest absolute Gasteiger partial charge is 0.264 e. The number of nitrogens with one attached hydrogen (secondary N) is 1. The molecular formula is C25H27N3O6S. The number of carbonyl (C=O) groups excluding carboxylic acids is 1. The molecule has 2 N–H and O–H groups in total. The van der Waals surface area contributed by atoms with Gasteiger partial charge in [0, 0.05) is 0 Å². The van der Waals surface area contributed by atoms with Crippen molar-refractivity contribution < 1.29 is 27.8 Å². The lowest BCUT2D eigenvalue weighted by Crippen LogP contribution is -2.39. The van der Waals surface area contributed by atoms with Crippen molar-refractivity contribution in [3.63, 3.8) is 0 Å². The molecule has 0 unspecified atom stereocenters. The quantitative estimate of drug-likeness (QED) is 0.309. The van der Waals surface area contributed by atoms with Crippen LogP contribution in [-0.2, 0) is 14.8 Å². The molecule has 3 aromatic rings. The molecule has 10 heteroatoms. The topological polar surface area (TPSA) is 118 Å². The fraction of sp³-hybridized carbons (Fsp3) is 0.200. The van der Waals surface area contributed by atoms with Gasteiger partial charge in [0.05, 0.1) is 30.0 Å². The Morgan fingerprint density at radius 1 is 1.00 bits per heavy atom. The van der Waals surface area contributed by atoms with Crippen LogP contribution in [0.2, 0.25) is 0 Å². The van der Waals surface area contributed by atoms with Gasteiger partial charge in [-0.15, -0.1) is 0 Å². The van der Waals surface area contributed by atoms with Crippen molar-refractivity contribution in [2.45, 2.75) is 18.7 Å². The van der Waals surface area contributed by atoms with E-state index < -0.39 is 22.5 Å². The summed E-state index contributed by atoms with van der Waals surface area (Å²) in [7, 11) is -4.03. The number of phenolic OH excluding ortho intramolecular Hbond substituents is 1. The SMILES string of the molecule is CCOc1ccc(N(CC(=O)N/N=C\c2ccc(O)c(OCC)c2)S(=O)(=O)c2ccccc2)cc1. The molecule has 0 aliphatic heterocycles. The van der Waals surface area contributed by atoms with Gasteiger partial charge in [-0.2, -0.15) is 5.10 Å². The van der Waals surface area contributed by atoms with E-state index in [1.165, 1.54) is 24.4 Å². The van der Waals surface area contributed by atoms with Gasteiger partial charge in [0.15, 0.2) is 11.5 Å². The molecule has 9 nitrogen and oxygen atoms in total. The second kappa shape index (κ2) is 11.9. The maximum atomic E-state index is 13.3. The first-order valence-electron chi connectivity index (χ1n) is 10.9. The first kappa shape index (κ1) is 25.6. The van der Waals surface area contributed by atoms with E-state index in [0.29, 0.717) is 36.0 Å². The monoisotopic (exact) mass is 497 g/mol. The summed E-state index contributed by atoms with van der Waals surface area (Å²) in [6, 6.07) is 18.9. The average molecular weight is 498 g/mol. The Morgan fingerprint density at radius 2 is 1.69 bits per heavy atom. The second-order valence-corrected chi connectivity index (χ2v) is 9.07. The molecule has 0 radical (unpaired) electrons. The number of hydrogen-bond acceptors (Lipinski definition) is 7. The number of ether oxygens (including phenoxy) is 2. The predicted molar refractivity (Wildman–Crippen MR) is 134 cm³/mol. The van der Waals surface area contributed by atoms with Crippen LogP contribution < -0.4 is 19.2 Å². The highest BCUT2D eigenvalue weighted by Crippen LogP contribution is 2.27. The Bertz CT molecular complexity index is 1260. The number of rotatable bonds is 11. The number of sulfonamides is 1. The summed E-state index contributed by atoms with van der Waals surface area (Å²) in [6.45, 7) is 3.99. The van der Waals surface area contributed by atoms with E-state index in [1.54, 1.807) is 61.5 Å². The van der Waals surface area contributed by atoms with Crippen LogP contribution in [0.25, 0.3) is 0 Å². The Hall–Kier alpha value is -4.05. The molecule has 1 amide bonds. The molecule has 0 aliphatic rings. The fourth-order valence-corrected chi connectivity index (χ4v) is 4.58. The first-order valence-corrected chi connectivity index (χ1v) is 12.4. The molecule has 3 rings (SSSR count). The zero-order valence-corrected chi connectivity index (χ0v) is 20.2. The molecule has 3 aromatic carbocycles. The molecule has 0 aliphatic carbocycles. The molecular weight excluding hydrogens is 470 g/mol. The Morgan fingerprint density at radius 3 is 2.34 bits per heavy atom. The average Bonchev–Trinajstić information content (AvgIpc) is 2.86. The lowest BCUT2D eigenvalue weighted by Gasteiger charge is -2.24. The summed E-state index contributed by atoms with van der Waals surface area (Å²) in [5, 5.41) is 13.7. The van der Waals surface area contributed by atoms with Gasteiger partial charge in [0.2, 0.25) is 0 Å². The number of hydrogen-bond donors (Lipinski definition) is 2. The van der Waals surface area contributed by atoms with Crippen molar-refractivity contribution in [2.75, 3.05) is 24.1 Å². The number of hydrazone groups is 1. The maximum absolute atomic E-state index is 13.3. The lowest BCUT2D eigenvalue weighted by molar-refractivity contribution is -0.119. The van der Waals surface area contributed by atoms with Crippen LogP contribution in [0, 0.1) is 0 Å². The second-order valence-electron chi connectivity index (χ2n) is 7.21. The van der Waals surface area contributed by atoms with Crippen LogP contribution >= 0.6 is 0 Å². The highest BCUT2D eigenvalue weighted by atomic mass is 32.2. The van der Waals surface area contributed by atoms with Gasteiger partial charge >= 0.3 is 0 Å². The third-order valence-electron chi connectivity index (χ3n) is 4.74. The minimum Gasteiger partial charge on any atom is -0.504 e. The van der Waals surface area contributed by atoms with Gasteiger partial charge in [0.25, 0.3) is 15.9 Å². The van der Waals surface area contributed by atoms with Gasteiger partial charge in [-0.05, 0) is 74.0 Å². The zero-order chi connectivity index (χ0) is 25.3. The molecule has 184 valence electrons. The summed E-state index contributed by atoms with van der Waals surface area (Å²) in [5.74, 6) is 0.227. The summed E-state index contributed by atoms with van der Waals surface area (Å²) in [6.07, 6.45) is 1.37. The number of benzene rings is 3. The highest BCUT2D eigenvalue weighted by molar-refractivity contribution is 7.92.